The molecule has 0 bridgehead atoms. The fourth-order valence-corrected chi connectivity index (χ4v) is 4.01. The highest BCUT2D eigenvalue weighted by atomic mass is 35.5. The van der Waals surface area contributed by atoms with Gasteiger partial charge in [0.1, 0.15) is 10.6 Å². The van der Waals surface area contributed by atoms with E-state index in [0.29, 0.717) is 11.6 Å². The highest BCUT2D eigenvalue weighted by Gasteiger charge is 2.21. The first-order valence-electron chi connectivity index (χ1n) is 8.98. The molecule has 2 aromatic carbocycles. The summed E-state index contributed by atoms with van der Waals surface area (Å²) >= 11 is 5.85. The molecular weight excluding hydrogens is 426 g/mol. The number of amides is 1. The van der Waals surface area contributed by atoms with Gasteiger partial charge in [0.25, 0.3) is 5.91 Å². The van der Waals surface area contributed by atoms with Crippen LogP contribution in [-0.4, -0.2) is 26.4 Å². The van der Waals surface area contributed by atoms with Gasteiger partial charge in [-0.25, -0.2) is 13.1 Å². The fraction of sp³-hybridized carbons (Fsp3) is 0.143. The van der Waals surface area contributed by atoms with E-state index < -0.39 is 15.9 Å². The van der Waals surface area contributed by atoms with E-state index in [4.69, 9.17) is 16.3 Å². The summed E-state index contributed by atoms with van der Waals surface area (Å²) in [6, 6.07) is 14.6. The Labute approximate surface area is 180 Å². The Balaban J connectivity index is 1.77. The third-order valence-corrected chi connectivity index (χ3v) is 5.97. The molecule has 0 saturated heterocycles. The van der Waals surface area contributed by atoms with Gasteiger partial charge in [-0.15, -0.1) is 0 Å². The van der Waals surface area contributed by atoms with E-state index in [-0.39, 0.29) is 22.8 Å². The van der Waals surface area contributed by atoms with Crippen LogP contribution < -0.4 is 14.8 Å². The quantitative estimate of drug-likeness (QED) is 0.555. The Hall–Kier alpha value is -2.94. The molecular formula is C21H20ClN3O4S. The average molecular weight is 446 g/mol. The van der Waals surface area contributed by atoms with Crippen LogP contribution in [0.5, 0.6) is 5.75 Å². The number of hydrogen-bond donors (Lipinski definition) is 2. The molecule has 30 heavy (non-hydrogen) atoms. The molecule has 2 N–H and O–H groups in total. The Morgan fingerprint density at radius 1 is 1.00 bits per heavy atom. The van der Waals surface area contributed by atoms with Gasteiger partial charge in [-0.2, -0.15) is 0 Å². The molecule has 0 atom stereocenters. The van der Waals surface area contributed by atoms with Crippen LogP contribution in [0.1, 0.15) is 21.5 Å². The minimum absolute atomic E-state index is 0.0706. The number of benzene rings is 2. The van der Waals surface area contributed by atoms with Gasteiger partial charge in [-0.3, -0.25) is 9.78 Å². The van der Waals surface area contributed by atoms with Crippen LogP contribution in [0, 0.1) is 0 Å². The zero-order valence-electron chi connectivity index (χ0n) is 16.1. The van der Waals surface area contributed by atoms with E-state index in [9.17, 15) is 13.2 Å². The SMILES string of the molecule is COc1ccc(C(=O)NCc2ccncc2)cc1S(=O)(=O)NCc1ccc(Cl)cc1. The maximum Gasteiger partial charge on any atom is 0.251 e. The molecule has 0 aliphatic rings. The van der Waals surface area contributed by atoms with Crippen molar-refractivity contribution in [2.45, 2.75) is 18.0 Å². The number of nitrogens with zero attached hydrogens (tertiary/aromatic N) is 1. The topological polar surface area (TPSA) is 97.4 Å². The van der Waals surface area contributed by atoms with Gasteiger partial charge in [-0.05, 0) is 53.6 Å². The first kappa shape index (κ1) is 21.8. The van der Waals surface area contributed by atoms with Gasteiger partial charge >= 0.3 is 0 Å². The molecule has 0 aliphatic heterocycles. The van der Waals surface area contributed by atoms with Crippen LogP contribution in [0.3, 0.4) is 0 Å². The summed E-state index contributed by atoms with van der Waals surface area (Å²) < 4.78 is 33.4. The number of rotatable bonds is 8. The smallest absolute Gasteiger partial charge is 0.251 e. The molecule has 0 aliphatic carbocycles. The van der Waals surface area contributed by atoms with Crippen molar-refractivity contribution in [1.82, 2.24) is 15.0 Å². The molecule has 156 valence electrons. The van der Waals surface area contributed by atoms with Crippen LogP contribution in [0.25, 0.3) is 0 Å². The largest absolute Gasteiger partial charge is 0.495 e. The Kier molecular flexibility index (Phi) is 7.04. The van der Waals surface area contributed by atoms with Gasteiger partial charge in [0.15, 0.2) is 0 Å². The molecule has 0 fully saturated rings. The number of aromatic nitrogens is 1. The summed E-state index contributed by atoms with van der Waals surface area (Å²) in [7, 11) is -2.56. The van der Waals surface area contributed by atoms with Gasteiger partial charge in [0.2, 0.25) is 10.0 Å². The molecule has 0 radical (unpaired) electrons. The summed E-state index contributed by atoms with van der Waals surface area (Å²) in [6.45, 7) is 0.366. The number of hydrogen-bond acceptors (Lipinski definition) is 5. The van der Waals surface area contributed by atoms with Crippen molar-refractivity contribution < 1.29 is 17.9 Å². The molecule has 3 aromatic rings. The first-order valence-corrected chi connectivity index (χ1v) is 10.8. The second-order valence-corrected chi connectivity index (χ2v) is 8.53. The van der Waals surface area contributed by atoms with Crippen molar-refractivity contribution in [2.75, 3.05) is 7.11 Å². The first-order chi connectivity index (χ1) is 14.4. The molecule has 1 heterocycles. The molecule has 7 nitrogen and oxygen atoms in total. The van der Waals surface area contributed by atoms with Gasteiger partial charge in [0, 0.05) is 36.1 Å². The number of pyridine rings is 1. The lowest BCUT2D eigenvalue weighted by Crippen LogP contribution is -2.26. The third-order valence-electron chi connectivity index (χ3n) is 4.30. The summed E-state index contributed by atoms with van der Waals surface area (Å²) in [4.78, 5) is 16.3. The molecule has 0 spiro atoms. The third kappa shape index (κ3) is 5.56. The number of methoxy groups -OCH3 is 1. The van der Waals surface area contributed by atoms with E-state index in [1.54, 1.807) is 48.8 Å². The maximum absolute atomic E-state index is 12.9. The van der Waals surface area contributed by atoms with Crippen molar-refractivity contribution in [3.8, 4) is 5.75 Å². The van der Waals surface area contributed by atoms with E-state index >= 15 is 0 Å². The minimum Gasteiger partial charge on any atom is -0.495 e. The second-order valence-electron chi connectivity index (χ2n) is 6.35. The highest BCUT2D eigenvalue weighted by Crippen LogP contribution is 2.25. The van der Waals surface area contributed by atoms with Gasteiger partial charge in [0.05, 0.1) is 7.11 Å². The number of halogens is 1. The maximum atomic E-state index is 12.9. The normalized spacial score (nSPS) is 11.1. The van der Waals surface area contributed by atoms with Gasteiger partial charge in [-0.1, -0.05) is 23.7 Å². The number of sulfonamides is 1. The van der Waals surface area contributed by atoms with Crippen LogP contribution in [0.4, 0.5) is 0 Å². The van der Waals surface area contributed by atoms with Crippen molar-refractivity contribution in [3.63, 3.8) is 0 Å². The predicted molar refractivity (Wildman–Crippen MR) is 114 cm³/mol. The Morgan fingerprint density at radius 3 is 2.33 bits per heavy atom. The van der Waals surface area contributed by atoms with Crippen LogP contribution in [0.15, 0.2) is 71.9 Å². The van der Waals surface area contributed by atoms with Crippen LogP contribution in [0.2, 0.25) is 5.02 Å². The number of nitrogens with one attached hydrogen (secondary N) is 2. The van der Waals surface area contributed by atoms with E-state index in [1.165, 1.54) is 25.3 Å². The summed E-state index contributed by atoms with van der Waals surface area (Å²) in [5, 5.41) is 3.32. The molecule has 0 unspecified atom stereocenters. The summed E-state index contributed by atoms with van der Waals surface area (Å²) in [5.74, 6) is -0.257. The van der Waals surface area contributed by atoms with Gasteiger partial charge < -0.3 is 10.1 Å². The lowest BCUT2D eigenvalue weighted by molar-refractivity contribution is 0.0950. The van der Waals surface area contributed by atoms with E-state index in [2.05, 4.69) is 15.0 Å². The monoisotopic (exact) mass is 445 g/mol. The molecule has 0 saturated carbocycles. The predicted octanol–water partition coefficient (Wildman–Crippen LogP) is 3.15. The Morgan fingerprint density at radius 2 is 1.67 bits per heavy atom. The van der Waals surface area contributed by atoms with Crippen molar-refractivity contribution in [1.29, 1.82) is 0 Å². The second kappa shape index (κ2) is 9.71. The Bertz CT molecular complexity index is 1120. The minimum atomic E-state index is -3.93. The van der Waals surface area contributed by atoms with Crippen molar-refractivity contribution in [3.05, 3.63) is 88.7 Å². The fourth-order valence-electron chi connectivity index (χ4n) is 2.67. The molecule has 9 heteroatoms. The van der Waals surface area contributed by atoms with Crippen LogP contribution in [-0.2, 0) is 23.1 Å². The molecule has 3 rings (SSSR count). The van der Waals surface area contributed by atoms with E-state index in [0.717, 1.165) is 11.1 Å². The number of ether oxygens (including phenoxy) is 1. The van der Waals surface area contributed by atoms with Crippen molar-refractivity contribution >= 4 is 27.5 Å². The van der Waals surface area contributed by atoms with Crippen LogP contribution >= 0.6 is 11.6 Å². The highest BCUT2D eigenvalue weighted by molar-refractivity contribution is 7.89. The lowest BCUT2D eigenvalue weighted by Gasteiger charge is -2.13. The zero-order valence-corrected chi connectivity index (χ0v) is 17.7. The standard InChI is InChI=1S/C21H20ClN3O4S/c1-29-19-7-4-17(21(26)24-13-16-8-10-23-11-9-16)12-20(19)30(27,28)25-14-15-2-5-18(22)6-3-15/h2-12,25H,13-14H2,1H3,(H,24,26). The summed E-state index contributed by atoms with van der Waals surface area (Å²) in [5.41, 5.74) is 1.83. The molecule has 1 amide bonds. The number of carbonyl (C=O) groups is 1. The average Bonchev–Trinajstić information content (AvgIpc) is 2.77. The lowest BCUT2D eigenvalue weighted by atomic mass is 10.2. The molecule has 1 aromatic heterocycles. The number of carbonyl (C=O) groups excluding carboxylic acids is 1. The van der Waals surface area contributed by atoms with Crippen molar-refractivity contribution in [2.24, 2.45) is 0 Å². The van der Waals surface area contributed by atoms with E-state index in [1.807, 2.05) is 0 Å². The summed E-state index contributed by atoms with van der Waals surface area (Å²) in [6.07, 6.45) is 3.26. The zero-order chi connectivity index (χ0) is 21.6.